The number of nitrogens with one attached hydrogen (secondary N) is 1. The Hall–Kier alpha value is -2.39. The summed E-state index contributed by atoms with van der Waals surface area (Å²) in [4.78, 5) is 17.6. The highest BCUT2D eigenvalue weighted by Crippen LogP contribution is 2.31. The van der Waals surface area contributed by atoms with Gasteiger partial charge in [-0.15, -0.1) is 0 Å². The van der Waals surface area contributed by atoms with Gasteiger partial charge in [0, 0.05) is 22.6 Å². The summed E-state index contributed by atoms with van der Waals surface area (Å²) in [5.74, 6) is -0.0494. The van der Waals surface area contributed by atoms with E-state index in [0.717, 1.165) is 52.5 Å². The Morgan fingerprint density at radius 1 is 1.12 bits per heavy atom. The van der Waals surface area contributed by atoms with E-state index >= 15 is 0 Å². The number of rotatable bonds is 3. The SMILES string of the molecule is O=C(NCc1ccccc1)c1c2c(nc3ccc(Cl)cc13)CCC2. The van der Waals surface area contributed by atoms with Gasteiger partial charge in [-0.25, -0.2) is 0 Å². The van der Waals surface area contributed by atoms with Crippen molar-refractivity contribution in [1.82, 2.24) is 10.3 Å². The zero-order chi connectivity index (χ0) is 16.5. The first-order valence-corrected chi connectivity index (χ1v) is 8.53. The monoisotopic (exact) mass is 336 g/mol. The van der Waals surface area contributed by atoms with Gasteiger partial charge in [0.2, 0.25) is 0 Å². The molecule has 120 valence electrons. The van der Waals surface area contributed by atoms with Crippen LogP contribution in [0.5, 0.6) is 0 Å². The molecule has 4 rings (SSSR count). The topological polar surface area (TPSA) is 42.0 Å². The Balaban J connectivity index is 1.74. The van der Waals surface area contributed by atoms with Gasteiger partial charge in [-0.2, -0.15) is 0 Å². The van der Waals surface area contributed by atoms with Gasteiger partial charge in [0.05, 0.1) is 11.1 Å². The Morgan fingerprint density at radius 3 is 2.79 bits per heavy atom. The number of pyridine rings is 1. The fourth-order valence-electron chi connectivity index (χ4n) is 3.36. The van der Waals surface area contributed by atoms with Crippen molar-refractivity contribution in [3.05, 3.63) is 75.9 Å². The van der Waals surface area contributed by atoms with Crippen LogP contribution in [-0.4, -0.2) is 10.9 Å². The number of amides is 1. The van der Waals surface area contributed by atoms with E-state index in [0.29, 0.717) is 11.6 Å². The summed E-state index contributed by atoms with van der Waals surface area (Å²) in [5.41, 5.74) is 4.79. The predicted octanol–water partition coefficient (Wildman–Crippen LogP) is 4.31. The van der Waals surface area contributed by atoms with E-state index in [9.17, 15) is 4.79 Å². The molecule has 3 nitrogen and oxygen atoms in total. The summed E-state index contributed by atoms with van der Waals surface area (Å²) < 4.78 is 0. The van der Waals surface area contributed by atoms with Crippen LogP contribution in [0, 0.1) is 0 Å². The second-order valence-corrected chi connectivity index (χ2v) is 6.53. The number of benzene rings is 2. The van der Waals surface area contributed by atoms with Crippen LogP contribution in [0.3, 0.4) is 0 Å². The Labute approximate surface area is 145 Å². The number of carbonyl (C=O) groups is 1. The van der Waals surface area contributed by atoms with Crippen molar-refractivity contribution in [1.29, 1.82) is 0 Å². The Kier molecular flexibility index (Phi) is 3.95. The molecule has 0 bridgehead atoms. The zero-order valence-corrected chi connectivity index (χ0v) is 13.9. The lowest BCUT2D eigenvalue weighted by atomic mass is 10.0. The molecule has 24 heavy (non-hydrogen) atoms. The van der Waals surface area contributed by atoms with Crippen LogP contribution >= 0.6 is 11.6 Å². The summed E-state index contributed by atoms with van der Waals surface area (Å²) in [6.45, 7) is 0.513. The third-order valence-corrected chi connectivity index (χ3v) is 4.73. The molecule has 0 saturated carbocycles. The van der Waals surface area contributed by atoms with E-state index in [1.54, 1.807) is 0 Å². The van der Waals surface area contributed by atoms with E-state index in [4.69, 9.17) is 16.6 Å². The molecule has 0 aliphatic heterocycles. The number of hydrogen-bond acceptors (Lipinski definition) is 2. The molecule has 1 heterocycles. The van der Waals surface area contributed by atoms with Crippen LogP contribution in [0.25, 0.3) is 10.9 Å². The second-order valence-electron chi connectivity index (χ2n) is 6.10. The molecule has 0 saturated heterocycles. The lowest BCUT2D eigenvalue weighted by Crippen LogP contribution is -2.24. The van der Waals surface area contributed by atoms with E-state index < -0.39 is 0 Å². The van der Waals surface area contributed by atoms with Crippen LogP contribution in [0.4, 0.5) is 0 Å². The fourth-order valence-corrected chi connectivity index (χ4v) is 3.53. The minimum atomic E-state index is -0.0494. The molecule has 1 aliphatic rings. The van der Waals surface area contributed by atoms with Gasteiger partial charge in [-0.05, 0) is 48.6 Å². The smallest absolute Gasteiger partial charge is 0.252 e. The Morgan fingerprint density at radius 2 is 1.96 bits per heavy atom. The van der Waals surface area contributed by atoms with E-state index in [2.05, 4.69) is 5.32 Å². The molecule has 1 N–H and O–H groups in total. The summed E-state index contributed by atoms with van der Waals surface area (Å²) in [7, 11) is 0. The maximum absolute atomic E-state index is 12.9. The van der Waals surface area contributed by atoms with Crippen molar-refractivity contribution >= 4 is 28.4 Å². The first kappa shape index (κ1) is 15.2. The molecule has 0 radical (unpaired) electrons. The number of halogens is 1. The first-order valence-electron chi connectivity index (χ1n) is 8.15. The maximum Gasteiger partial charge on any atom is 0.252 e. The highest BCUT2D eigenvalue weighted by molar-refractivity contribution is 6.31. The van der Waals surface area contributed by atoms with Crippen molar-refractivity contribution in [2.45, 2.75) is 25.8 Å². The van der Waals surface area contributed by atoms with Gasteiger partial charge < -0.3 is 5.32 Å². The minimum absolute atomic E-state index is 0.0494. The lowest BCUT2D eigenvalue weighted by molar-refractivity contribution is 0.0951. The van der Waals surface area contributed by atoms with Crippen molar-refractivity contribution in [2.75, 3.05) is 0 Å². The van der Waals surface area contributed by atoms with Crippen molar-refractivity contribution in [3.8, 4) is 0 Å². The summed E-state index contributed by atoms with van der Waals surface area (Å²) in [5, 5.41) is 4.51. The normalized spacial score (nSPS) is 13.0. The molecule has 2 aromatic carbocycles. The fraction of sp³-hybridized carbons (Fsp3) is 0.200. The van der Waals surface area contributed by atoms with Crippen LogP contribution < -0.4 is 5.32 Å². The van der Waals surface area contributed by atoms with E-state index in [-0.39, 0.29) is 5.91 Å². The molecule has 4 heteroatoms. The molecule has 3 aromatic rings. The summed E-state index contributed by atoms with van der Waals surface area (Å²) >= 11 is 6.16. The number of aromatic nitrogens is 1. The molecule has 1 aliphatic carbocycles. The number of hydrogen-bond donors (Lipinski definition) is 1. The summed E-state index contributed by atoms with van der Waals surface area (Å²) in [6.07, 6.45) is 2.89. The predicted molar refractivity (Wildman–Crippen MR) is 96.4 cm³/mol. The third-order valence-electron chi connectivity index (χ3n) is 4.50. The van der Waals surface area contributed by atoms with Crippen molar-refractivity contribution in [3.63, 3.8) is 0 Å². The van der Waals surface area contributed by atoms with E-state index in [1.165, 1.54) is 0 Å². The average molecular weight is 337 g/mol. The molecule has 0 atom stereocenters. The number of fused-ring (bicyclic) bond motifs is 2. The number of aryl methyl sites for hydroxylation is 1. The van der Waals surface area contributed by atoms with Gasteiger partial charge in [-0.1, -0.05) is 41.9 Å². The highest BCUT2D eigenvalue weighted by Gasteiger charge is 2.23. The van der Waals surface area contributed by atoms with E-state index in [1.807, 2.05) is 48.5 Å². The molecule has 0 fully saturated rings. The molecule has 1 amide bonds. The van der Waals surface area contributed by atoms with Crippen LogP contribution in [0.1, 0.15) is 33.6 Å². The quantitative estimate of drug-likeness (QED) is 0.774. The molecule has 0 spiro atoms. The molecule has 0 unspecified atom stereocenters. The second kappa shape index (κ2) is 6.25. The molecular formula is C20H17ClN2O. The average Bonchev–Trinajstić information content (AvgIpc) is 3.06. The van der Waals surface area contributed by atoms with Crippen LogP contribution in [-0.2, 0) is 19.4 Å². The van der Waals surface area contributed by atoms with Gasteiger partial charge in [0.15, 0.2) is 0 Å². The molecular weight excluding hydrogens is 320 g/mol. The van der Waals surface area contributed by atoms with Gasteiger partial charge in [0.25, 0.3) is 5.91 Å². The van der Waals surface area contributed by atoms with Gasteiger partial charge in [-0.3, -0.25) is 9.78 Å². The standard InChI is InChI=1S/C20H17ClN2O/c21-14-9-10-18-16(11-14)19(15-7-4-8-17(15)23-18)20(24)22-12-13-5-2-1-3-6-13/h1-3,5-6,9-11H,4,7-8,12H2,(H,22,24). The highest BCUT2D eigenvalue weighted by atomic mass is 35.5. The molecule has 1 aromatic heterocycles. The zero-order valence-electron chi connectivity index (χ0n) is 13.2. The third kappa shape index (κ3) is 2.76. The number of nitrogens with zero attached hydrogens (tertiary/aromatic N) is 1. The number of carbonyl (C=O) groups excluding carboxylic acids is 1. The van der Waals surface area contributed by atoms with Crippen molar-refractivity contribution < 1.29 is 4.79 Å². The lowest BCUT2D eigenvalue weighted by Gasteiger charge is -2.13. The van der Waals surface area contributed by atoms with Crippen molar-refractivity contribution in [2.24, 2.45) is 0 Å². The van der Waals surface area contributed by atoms with Gasteiger partial charge in [0.1, 0.15) is 0 Å². The maximum atomic E-state index is 12.9. The van der Waals surface area contributed by atoms with Crippen LogP contribution in [0.2, 0.25) is 5.02 Å². The summed E-state index contributed by atoms with van der Waals surface area (Å²) in [6, 6.07) is 15.5. The first-order chi connectivity index (χ1) is 11.7. The van der Waals surface area contributed by atoms with Gasteiger partial charge >= 0.3 is 0 Å². The Bertz CT molecular complexity index is 922. The largest absolute Gasteiger partial charge is 0.348 e. The van der Waals surface area contributed by atoms with Crippen LogP contribution in [0.15, 0.2) is 48.5 Å². The minimum Gasteiger partial charge on any atom is -0.348 e.